The summed E-state index contributed by atoms with van der Waals surface area (Å²) in [6, 6.07) is 1.13. The monoisotopic (exact) mass is 438 g/mol. The average molecular weight is 439 g/mol. The number of likely N-dealkylation sites (N-methyl/N-ethyl adjacent to an activating group) is 1. The summed E-state index contributed by atoms with van der Waals surface area (Å²) in [5.74, 6) is 0.806. The molecule has 0 saturated heterocycles. The minimum absolute atomic E-state index is 0.0404. The zero-order valence-corrected chi connectivity index (χ0v) is 18.8. The maximum atomic E-state index is 13.2. The Balaban J connectivity index is 1.47. The van der Waals surface area contributed by atoms with E-state index >= 15 is 0 Å². The number of rotatable bonds is 6. The molecule has 4 heterocycles. The molecule has 1 aliphatic rings. The lowest BCUT2D eigenvalue weighted by molar-refractivity contribution is -0.118. The van der Waals surface area contributed by atoms with E-state index in [4.69, 9.17) is 0 Å². The lowest BCUT2D eigenvalue weighted by Gasteiger charge is -2.36. The van der Waals surface area contributed by atoms with E-state index in [0.29, 0.717) is 36.2 Å². The van der Waals surface area contributed by atoms with Gasteiger partial charge in [0.2, 0.25) is 17.8 Å². The van der Waals surface area contributed by atoms with Crippen molar-refractivity contribution >= 4 is 23.4 Å². The van der Waals surface area contributed by atoms with Crippen LogP contribution in [-0.4, -0.2) is 43.7 Å². The van der Waals surface area contributed by atoms with E-state index in [1.54, 1.807) is 10.9 Å². The Hall–Kier alpha value is -3.56. The van der Waals surface area contributed by atoms with Crippen molar-refractivity contribution in [3.8, 4) is 0 Å². The van der Waals surface area contributed by atoms with E-state index < -0.39 is 5.95 Å². The van der Waals surface area contributed by atoms with Crippen LogP contribution in [0.2, 0.25) is 0 Å². The van der Waals surface area contributed by atoms with Crippen LogP contribution < -0.4 is 15.5 Å². The number of pyridine rings is 1. The van der Waals surface area contributed by atoms with Crippen molar-refractivity contribution in [3.63, 3.8) is 0 Å². The summed E-state index contributed by atoms with van der Waals surface area (Å²) in [5.41, 5.74) is 4.05. The van der Waals surface area contributed by atoms with Gasteiger partial charge in [0.15, 0.2) is 5.82 Å². The van der Waals surface area contributed by atoms with Gasteiger partial charge in [-0.15, -0.1) is 0 Å². The second-order valence-electron chi connectivity index (χ2n) is 8.45. The minimum atomic E-state index is -0.484. The molecular weight excluding hydrogens is 411 g/mol. The fourth-order valence-corrected chi connectivity index (χ4v) is 3.95. The number of carbonyl (C=O) groups is 1. The van der Waals surface area contributed by atoms with Crippen LogP contribution in [0.4, 0.5) is 21.8 Å². The number of hydrogen-bond donors (Lipinski definition) is 2. The molecule has 0 saturated carbocycles. The lowest BCUT2D eigenvalue weighted by Crippen LogP contribution is -2.49. The Bertz CT molecular complexity index is 1160. The number of aromatic nitrogens is 5. The zero-order valence-electron chi connectivity index (χ0n) is 18.8. The third-order valence-corrected chi connectivity index (χ3v) is 5.63. The van der Waals surface area contributed by atoms with Crippen LogP contribution in [0.3, 0.4) is 0 Å². The van der Waals surface area contributed by atoms with Gasteiger partial charge in [-0.3, -0.25) is 9.48 Å². The third kappa shape index (κ3) is 4.25. The smallest absolute Gasteiger partial charge is 0.247 e. The van der Waals surface area contributed by atoms with Gasteiger partial charge in [-0.1, -0.05) is 13.8 Å². The first-order chi connectivity index (χ1) is 15.2. The van der Waals surface area contributed by atoms with E-state index in [0.717, 1.165) is 16.7 Å². The van der Waals surface area contributed by atoms with E-state index in [1.807, 2.05) is 45.8 Å². The summed E-state index contributed by atoms with van der Waals surface area (Å²) in [6.45, 7) is 8.73. The number of hydrogen-bond acceptors (Lipinski definition) is 7. The van der Waals surface area contributed by atoms with Crippen molar-refractivity contribution in [1.82, 2.24) is 24.7 Å². The first-order valence-electron chi connectivity index (χ1n) is 10.5. The van der Waals surface area contributed by atoms with Gasteiger partial charge in [-0.05, 0) is 37.0 Å². The molecular formula is C22H27FN8O. The van der Waals surface area contributed by atoms with Gasteiger partial charge in [0.1, 0.15) is 11.7 Å². The van der Waals surface area contributed by atoms with Gasteiger partial charge < -0.3 is 15.5 Å². The standard InChI is InChI=1S/C22H27FN8O/c1-12(2)19-21(32)28-18-14(4)27-22(29-20(18)30(19)5)25-7-15-8-26-31(10-15)11-16-9-24-17(23)6-13(16)3/h6,8-10,12,19H,7,11H2,1-5H3,(H,28,32)(H,25,27,29)/t19-/m0/s1. The van der Waals surface area contributed by atoms with Crippen molar-refractivity contribution in [2.45, 2.75) is 46.8 Å². The van der Waals surface area contributed by atoms with Crippen LogP contribution in [0.15, 0.2) is 24.7 Å². The molecule has 32 heavy (non-hydrogen) atoms. The third-order valence-electron chi connectivity index (χ3n) is 5.63. The van der Waals surface area contributed by atoms with Crippen LogP contribution in [0.25, 0.3) is 0 Å². The highest BCUT2D eigenvalue weighted by molar-refractivity contribution is 6.03. The molecule has 0 spiro atoms. The summed E-state index contributed by atoms with van der Waals surface area (Å²) in [7, 11) is 1.88. The SMILES string of the molecule is Cc1cc(F)ncc1Cn1cc(CNc2nc(C)c3c(n2)N(C)[C@@H](C(C)C)C(=O)N3)cn1. The number of aryl methyl sites for hydroxylation is 2. The molecule has 0 aromatic carbocycles. The number of halogens is 1. The lowest BCUT2D eigenvalue weighted by atomic mass is 9.99. The Morgan fingerprint density at radius 3 is 2.75 bits per heavy atom. The van der Waals surface area contributed by atoms with Crippen molar-refractivity contribution < 1.29 is 9.18 Å². The minimum Gasteiger partial charge on any atom is -0.350 e. The van der Waals surface area contributed by atoms with Gasteiger partial charge >= 0.3 is 0 Å². The van der Waals surface area contributed by atoms with E-state index in [-0.39, 0.29) is 17.9 Å². The van der Waals surface area contributed by atoms with Gasteiger partial charge in [0.25, 0.3) is 0 Å². The predicted molar refractivity (Wildman–Crippen MR) is 120 cm³/mol. The van der Waals surface area contributed by atoms with Gasteiger partial charge in [0, 0.05) is 31.5 Å². The van der Waals surface area contributed by atoms with Gasteiger partial charge in [-0.25, -0.2) is 9.97 Å². The number of carbonyl (C=O) groups excluding carboxylic acids is 1. The van der Waals surface area contributed by atoms with Crippen LogP contribution in [-0.2, 0) is 17.9 Å². The number of fused-ring (bicyclic) bond motifs is 1. The molecule has 1 aliphatic heterocycles. The highest BCUT2D eigenvalue weighted by atomic mass is 19.1. The molecule has 0 bridgehead atoms. The van der Waals surface area contributed by atoms with Crippen LogP contribution in [0, 0.1) is 25.7 Å². The highest BCUT2D eigenvalue weighted by Gasteiger charge is 2.35. The first kappa shape index (κ1) is 21.7. The fraction of sp³-hybridized carbons (Fsp3) is 0.409. The van der Waals surface area contributed by atoms with Gasteiger partial charge in [-0.2, -0.15) is 14.5 Å². The Kier molecular flexibility index (Phi) is 5.77. The molecule has 9 nitrogen and oxygen atoms in total. The molecule has 1 atom stereocenters. The Morgan fingerprint density at radius 1 is 1.25 bits per heavy atom. The van der Waals surface area contributed by atoms with E-state index in [2.05, 4.69) is 30.7 Å². The number of amides is 1. The maximum absolute atomic E-state index is 13.2. The van der Waals surface area contributed by atoms with Crippen molar-refractivity contribution in [2.24, 2.45) is 5.92 Å². The molecule has 3 aromatic heterocycles. The quantitative estimate of drug-likeness (QED) is 0.571. The number of nitrogens with one attached hydrogen (secondary N) is 2. The first-order valence-corrected chi connectivity index (χ1v) is 10.5. The molecule has 2 N–H and O–H groups in total. The summed E-state index contributed by atoms with van der Waals surface area (Å²) < 4.78 is 15.0. The summed E-state index contributed by atoms with van der Waals surface area (Å²) >= 11 is 0. The topological polar surface area (TPSA) is 101 Å². The summed E-state index contributed by atoms with van der Waals surface area (Å²) in [6.07, 6.45) is 5.22. The molecule has 3 aromatic rings. The van der Waals surface area contributed by atoms with E-state index in [1.165, 1.54) is 12.3 Å². The maximum Gasteiger partial charge on any atom is 0.247 e. The molecule has 168 valence electrons. The Morgan fingerprint density at radius 2 is 2.03 bits per heavy atom. The zero-order chi connectivity index (χ0) is 23.0. The second kappa shape index (κ2) is 8.52. The molecule has 4 rings (SSSR count). The summed E-state index contributed by atoms with van der Waals surface area (Å²) in [4.78, 5) is 27.3. The Labute approximate surface area is 186 Å². The molecule has 0 fully saturated rings. The number of nitrogens with zero attached hydrogens (tertiary/aromatic N) is 6. The average Bonchev–Trinajstić information content (AvgIpc) is 3.17. The normalized spacial score (nSPS) is 15.7. The van der Waals surface area contributed by atoms with Crippen LogP contribution >= 0.6 is 0 Å². The summed E-state index contributed by atoms with van der Waals surface area (Å²) in [5, 5.41) is 10.6. The van der Waals surface area contributed by atoms with Gasteiger partial charge in [0.05, 0.1) is 18.4 Å². The van der Waals surface area contributed by atoms with Crippen LogP contribution in [0.1, 0.15) is 36.2 Å². The highest BCUT2D eigenvalue weighted by Crippen LogP contribution is 2.34. The molecule has 1 amide bonds. The molecule has 0 radical (unpaired) electrons. The fourth-order valence-electron chi connectivity index (χ4n) is 3.95. The van der Waals surface area contributed by atoms with Crippen LogP contribution in [0.5, 0.6) is 0 Å². The molecule has 0 aliphatic carbocycles. The second-order valence-corrected chi connectivity index (χ2v) is 8.45. The number of anilines is 3. The van der Waals surface area contributed by atoms with Crippen molar-refractivity contribution in [1.29, 1.82) is 0 Å². The van der Waals surface area contributed by atoms with E-state index in [9.17, 15) is 9.18 Å². The van der Waals surface area contributed by atoms with Crippen molar-refractivity contribution in [2.75, 3.05) is 22.6 Å². The largest absolute Gasteiger partial charge is 0.350 e. The molecule has 0 unspecified atom stereocenters. The predicted octanol–water partition coefficient (Wildman–Crippen LogP) is 2.90. The van der Waals surface area contributed by atoms with Crippen molar-refractivity contribution in [3.05, 3.63) is 53.0 Å². The molecule has 10 heteroatoms.